The van der Waals surface area contributed by atoms with Crippen molar-refractivity contribution in [3.8, 4) is 0 Å². The Hall–Kier alpha value is -2.30. The zero-order valence-electron chi connectivity index (χ0n) is 10.5. The van der Waals surface area contributed by atoms with E-state index >= 15 is 0 Å². The topological polar surface area (TPSA) is 52.0 Å². The van der Waals surface area contributed by atoms with Crippen molar-refractivity contribution >= 4 is 5.78 Å². The Morgan fingerprint density at radius 2 is 2.00 bits per heavy atom. The summed E-state index contributed by atoms with van der Waals surface area (Å²) in [6.07, 6.45) is 3.32. The van der Waals surface area contributed by atoms with Crippen LogP contribution in [0, 0.1) is 12.7 Å². The molecule has 0 N–H and O–H groups in total. The third-order valence-corrected chi connectivity index (χ3v) is 2.73. The third-order valence-electron chi connectivity index (χ3n) is 2.73. The Bertz CT molecular complexity index is 647. The van der Waals surface area contributed by atoms with E-state index in [1.807, 2.05) is 6.92 Å². The lowest BCUT2D eigenvalue weighted by molar-refractivity contribution is 0.0976. The molecule has 0 atom stereocenters. The van der Waals surface area contributed by atoms with Gasteiger partial charge in [-0.2, -0.15) is 0 Å². The molecule has 0 aliphatic heterocycles. The molecule has 0 radical (unpaired) electrons. The average molecular weight is 260 g/mol. The molecule has 2 aromatic rings. The van der Waals surface area contributed by atoms with Gasteiger partial charge in [0.15, 0.2) is 5.78 Å². The molecule has 1 aromatic carbocycles. The molecule has 0 bridgehead atoms. The highest BCUT2D eigenvalue weighted by Crippen LogP contribution is 2.06. The van der Waals surface area contributed by atoms with Gasteiger partial charge in [0.2, 0.25) is 0 Å². The van der Waals surface area contributed by atoms with E-state index in [0.717, 1.165) is 5.56 Å². The first kappa shape index (κ1) is 13.1. The maximum Gasteiger partial charge on any atom is 0.347 e. The molecule has 98 valence electrons. The molecule has 19 heavy (non-hydrogen) atoms. The molecule has 1 heterocycles. The molecule has 2 rings (SSSR count). The lowest BCUT2D eigenvalue weighted by Gasteiger charge is -2.05. The first-order valence-corrected chi connectivity index (χ1v) is 5.88. The summed E-state index contributed by atoms with van der Waals surface area (Å²) in [5.41, 5.74) is 0.918. The molecular formula is C14H13FN2O2. The van der Waals surface area contributed by atoms with E-state index in [2.05, 4.69) is 4.98 Å². The SMILES string of the molecule is Cc1cnc(=O)n(CCC(=O)c2ccc(F)cc2)c1. The van der Waals surface area contributed by atoms with Gasteiger partial charge in [0.05, 0.1) is 0 Å². The molecule has 4 nitrogen and oxygen atoms in total. The number of carbonyl (C=O) groups excluding carboxylic acids is 1. The fourth-order valence-electron chi connectivity index (χ4n) is 1.73. The van der Waals surface area contributed by atoms with E-state index in [0.29, 0.717) is 5.56 Å². The number of Topliss-reactive ketones (excluding diaryl/α,β-unsaturated/α-hetero) is 1. The molecule has 0 amide bonds. The smallest absolute Gasteiger partial charge is 0.298 e. The van der Waals surface area contributed by atoms with E-state index in [9.17, 15) is 14.0 Å². The van der Waals surface area contributed by atoms with Crippen LogP contribution in [0.15, 0.2) is 41.5 Å². The van der Waals surface area contributed by atoms with Crippen molar-refractivity contribution in [2.75, 3.05) is 0 Å². The second-order valence-electron chi connectivity index (χ2n) is 4.29. The highest BCUT2D eigenvalue weighted by molar-refractivity contribution is 5.95. The number of ketones is 1. The molecule has 0 unspecified atom stereocenters. The van der Waals surface area contributed by atoms with Crippen molar-refractivity contribution in [1.29, 1.82) is 0 Å². The summed E-state index contributed by atoms with van der Waals surface area (Å²) in [6, 6.07) is 5.37. The van der Waals surface area contributed by atoms with Gasteiger partial charge in [-0.15, -0.1) is 0 Å². The summed E-state index contributed by atoms with van der Waals surface area (Å²) >= 11 is 0. The molecule has 0 saturated heterocycles. The first-order valence-electron chi connectivity index (χ1n) is 5.88. The van der Waals surface area contributed by atoms with Crippen LogP contribution in [0.2, 0.25) is 0 Å². The van der Waals surface area contributed by atoms with Crippen LogP contribution >= 0.6 is 0 Å². The van der Waals surface area contributed by atoms with Crippen LogP contribution in [0.3, 0.4) is 0 Å². The third kappa shape index (κ3) is 3.34. The highest BCUT2D eigenvalue weighted by atomic mass is 19.1. The first-order chi connectivity index (χ1) is 9.06. The largest absolute Gasteiger partial charge is 0.347 e. The van der Waals surface area contributed by atoms with Crippen molar-refractivity contribution in [1.82, 2.24) is 9.55 Å². The number of benzene rings is 1. The van der Waals surface area contributed by atoms with Gasteiger partial charge in [-0.1, -0.05) is 0 Å². The lowest BCUT2D eigenvalue weighted by atomic mass is 10.1. The predicted octanol–water partition coefficient (Wildman–Crippen LogP) is 1.96. The van der Waals surface area contributed by atoms with E-state index < -0.39 is 0 Å². The zero-order valence-corrected chi connectivity index (χ0v) is 10.5. The number of halogens is 1. The summed E-state index contributed by atoms with van der Waals surface area (Å²) in [5.74, 6) is -0.510. The van der Waals surface area contributed by atoms with Crippen LogP contribution in [0.1, 0.15) is 22.3 Å². The number of hydrogen-bond acceptors (Lipinski definition) is 3. The number of aromatic nitrogens is 2. The number of aryl methyl sites for hydroxylation is 2. The number of carbonyl (C=O) groups is 1. The summed E-state index contributed by atoms with van der Waals surface area (Å²) in [5, 5.41) is 0. The van der Waals surface area contributed by atoms with Gasteiger partial charge in [-0.05, 0) is 36.8 Å². The second kappa shape index (κ2) is 5.56. The highest BCUT2D eigenvalue weighted by Gasteiger charge is 2.07. The number of hydrogen-bond donors (Lipinski definition) is 0. The summed E-state index contributed by atoms with van der Waals surface area (Å²) in [6.45, 7) is 2.09. The van der Waals surface area contributed by atoms with Crippen molar-refractivity contribution in [3.05, 3.63) is 64.1 Å². The standard InChI is InChI=1S/C14H13FN2O2/c1-10-8-16-14(19)17(9-10)7-6-13(18)11-2-4-12(15)5-3-11/h2-5,8-9H,6-7H2,1H3. The lowest BCUT2D eigenvalue weighted by Crippen LogP contribution is -2.23. The van der Waals surface area contributed by atoms with Gasteiger partial charge >= 0.3 is 5.69 Å². The zero-order chi connectivity index (χ0) is 13.8. The molecule has 0 saturated carbocycles. The van der Waals surface area contributed by atoms with Gasteiger partial charge in [-0.3, -0.25) is 9.36 Å². The fourth-order valence-corrected chi connectivity index (χ4v) is 1.73. The van der Waals surface area contributed by atoms with E-state index in [-0.39, 0.29) is 30.3 Å². The minimum atomic E-state index is -0.379. The average Bonchev–Trinajstić information content (AvgIpc) is 2.40. The van der Waals surface area contributed by atoms with Crippen LogP contribution in [-0.2, 0) is 6.54 Å². The Balaban J connectivity index is 2.06. The van der Waals surface area contributed by atoms with Gasteiger partial charge in [0.1, 0.15) is 5.82 Å². The van der Waals surface area contributed by atoms with Crippen LogP contribution in [0.4, 0.5) is 4.39 Å². The summed E-state index contributed by atoms with van der Waals surface area (Å²) in [4.78, 5) is 27.0. The molecule has 0 fully saturated rings. The minimum Gasteiger partial charge on any atom is -0.298 e. The summed E-state index contributed by atoms with van der Waals surface area (Å²) in [7, 11) is 0. The number of rotatable bonds is 4. The van der Waals surface area contributed by atoms with Crippen LogP contribution in [-0.4, -0.2) is 15.3 Å². The van der Waals surface area contributed by atoms with Gasteiger partial charge in [0, 0.05) is 30.9 Å². The van der Waals surface area contributed by atoms with E-state index in [1.54, 1.807) is 6.20 Å². The van der Waals surface area contributed by atoms with Crippen LogP contribution in [0.5, 0.6) is 0 Å². The van der Waals surface area contributed by atoms with Crippen LogP contribution in [0.25, 0.3) is 0 Å². The normalized spacial score (nSPS) is 10.4. The van der Waals surface area contributed by atoms with Gasteiger partial charge in [-0.25, -0.2) is 14.2 Å². The van der Waals surface area contributed by atoms with Crippen LogP contribution < -0.4 is 5.69 Å². The van der Waals surface area contributed by atoms with Crippen molar-refractivity contribution in [3.63, 3.8) is 0 Å². The molecule has 0 spiro atoms. The van der Waals surface area contributed by atoms with Gasteiger partial charge < -0.3 is 0 Å². The molecule has 5 heteroatoms. The second-order valence-corrected chi connectivity index (χ2v) is 4.29. The minimum absolute atomic E-state index is 0.131. The quantitative estimate of drug-likeness (QED) is 0.790. The molecule has 0 aliphatic rings. The fraction of sp³-hybridized carbons (Fsp3) is 0.214. The maximum absolute atomic E-state index is 12.7. The van der Waals surface area contributed by atoms with Crippen molar-refractivity contribution in [2.24, 2.45) is 0 Å². The Morgan fingerprint density at radius 1 is 1.32 bits per heavy atom. The van der Waals surface area contributed by atoms with Crippen molar-refractivity contribution < 1.29 is 9.18 Å². The van der Waals surface area contributed by atoms with Crippen molar-refractivity contribution in [2.45, 2.75) is 19.9 Å². The predicted molar refractivity (Wildman–Crippen MR) is 68.6 cm³/mol. The molecule has 0 aliphatic carbocycles. The van der Waals surface area contributed by atoms with E-state index in [1.165, 1.54) is 35.0 Å². The van der Waals surface area contributed by atoms with Gasteiger partial charge in [0.25, 0.3) is 0 Å². The number of nitrogens with zero attached hydrogens (tertiary/aromatic N) is 2. The molecular weight excluding hydrogens is 247 g/mol. The summed E-state index contributed by atoms with van der Waals surface area (Å²) < 4.78 is 14.1. The molecule has 1 aromatic heterocycles. The Labute approximate surface area is 109 Å². The van der Waals surface area contributed by atoms with E-state index in [4.69, 9.17) is 0 Å². The maximum atomic E-state index is 12.7. The Kier molecular flexibility index (Phi) is 3.85. The Morgan fingerprint density at radius 3 is 2.68 bits per heavy atom. The monoisotopic (exact) mass is 260 g/mol.